The van der Waals surface area contributed by atoms with Crippen LogP contribution < -0.4 is 15.4 Å². The van der Waals surface area contributed by atoms with E-state index in [-0.39, 0.29) is 11.8 Å². The lowest BCUT2D eigenvalue weighted by molar-refractivity contribution is -0.123. The van der Waals surface area contributed by atoms with Gasteiger partial charge in [-0.2, -0.15) is 0 Å². The van der Waals surface area contributed by atoms with Crippen LogP contribution in [0.3, 0.4) is 0 Å². The summed E-state index contributed by atoms with van der Waals surface area (Å²) in [7, 11) is 1.76. The summed E-state index contributed by atoms with van der Waals surface area (Å²) in [5.41, 5.74) is 8.36. The molecule has 4 heteroatoms. The predicted octanol–water partition coefficient (Wildman–Crippen LogP) is 2.48. The molecule has 21 heavy (non-hydrogen) atoms. The number of fused-ring (bicyclic) bond motifs is 1. The molecular weight excluding hydrogens is 264 g/mol. The average Bonchev–Trinajstić information content (AvgIpc) is 2.53. The molecule has 0 spiro atoms. The lowest BCUT2D eigenvalue weighted by atomic mass is 9.95. The van der Waals surface area contributed by atoms with Crippen molar-refractivity contribution in [2.45, 2.75) is 6.42 Å². The van der Waals surface area contributed by atoms with Crippen molar-refractivity contribution in [3.63, 3.8) is 0 Å². The number of benzene rings is 2. The molecule has 0 fully saturated rings. The Bertz CT molecular complexity index is 669. The maximum Gasteiger partial charge on any atom is 0.233 e. The quantitative estimate of drug-likeness (QED) is 0.861. The SMILES string of the molecule is CN(C(=O)C1COc2ccccc2C1)c1ccccc1N. The van der Waals surface area contributed by atoms with E-state index < -0.39 is 0 Å². The van der Waals surface area contributed by atoms with Crippen LogP contribution in [0.1, 0.15) is 5.56 Å². The highest BCUT2D eigenvalue weighted by molar-refractivity contribution is 5.97. The summed E-state index contributed by atoms with van der Waals surface area (Å²) < 4.78 is 5.69. The van der Waals surface area contributed by atoms with E-state index in [1.807, 2.05) is 42.5 Å². The molecule has 1 aliphatic heterocycles. The number of hydrogen-bond acceptors (Lipinski definition) is 3. The van der Waals surface area contributed by atoms with E-state index in [2.05, 4.69) is 0 Å². The van der Waals surface area contributed by atoms with Gasteiger partial charge in [-0.3, -0.25) is 4.79 Å². The molecule has 108 valence electrons. The molecule has 2 aromatic rings. The smallest absolute Gasteiger partial charge is 0.233 e. The van der Waals surface area contributed by atoms with Gasteiger partial charge < -0.3 is 15.4 Å². The van der Waals surface area contributed by atoms with E-state index in [0.717, 1.165) is 17.0 Å². The molecule has 1 amide bonds. The molecule has 1 unspecified atom stereocenters. The van der Waals surface area contributed by atoms with Crippen LogP contribution >= 0.6 is 0 Å². The summed E-state index contributed by atoms with van der Waals surface area (Å²) in [6.45, 7) is 0.410. The Morgan fingerprint density at radius 1 is 1.19 bits per heavy atom. The number of nitrogen functional groups attached to an aromatic ring is 1. The summed E-state index contributed by atoms with van der Waals surface area (Å²) in [6, 6.07) is 15.2. The van der Waals surface area contributed by atoms with Gasteiger partial charge in [0.25, 0.3) is 0 Å². The van der Waals surface area contributed by atoms with Gasteiger partial charge in [0, 0.05) is 7.05 Å². The van der Waals surface area contributed by atoms with E-state index >= 15 is 0 Å². The Labute approximate surface area is 124 Å². The first kappa shape index (κ1) is 13.5. The molecule has 0 saturated carbocycles. The number of rotatable bonds is 2. The predicted molar refractivity (Wildman–Crippen MR) is 83.4 cm³/mol. The molecule has 1 aliphatic rings. The Hall–Kier alpha value is -2.49. The van der Waals surface area contributed by atoms with Crippen LogP contribution in [0.2, 0.25) is 0 Å². The number of nitrogens with two attached hydrogens (primary N) is 1. The van der Waals surface area contributed by atoms with Gasteiger partial charge in [-0.25, -0.2) is 0 Å². The standard InChI is InChI=1S/C17H18N2O2/c1-19(15-8-4-3-7-14(15)18)17(20)13-10-12-6-2-5-9-16(12)21-11-13/h2-9,13H,10-11,18H2,1H3. The maximum atomic E-state index is 12.7. The van der Waals surface area contributed by atoms with Crippen LogP contribution in [0.5, 0.6) is 5.75 Å². The molecule has 0 radical (unpaired) electrons. The van der Waals surface area contributed by atoms with Crippen molar-refractivity contribution < 1.29 is 9.53 Å². The van der Waals surface area contributed by atoms with Crippen molar-refractivity contribution in [2.24, 2.45) is 5.92 Å². The lowest BCUT2D eigenvalue weighted by Gasteiger charge is -2.28. The first-order valence-corrected chi connectivity index (χ1v) is 6.99. The molecule has 1 atom stereocenters. The highest BCUT2D eigenvalue weighted by Crippen LogP contribution is 2.29. The fraction of sp³-hybridized carbons (Fsp3) is 0.235. The molecular formula is C17H18N2O2. The number of hydrogen-bond donors (Lipinski definition) is 1. The van der Waals surface area contributed by atoms with E-state index in [1.165, 1.54) is 0 Å². The minimum absolute atomic E-state index is 0.0300. The van der Waals surface area contributed by atoms with Crippen LogP contribution in [-0.4, -0.2) is 19.6 Å². The van der Waals surface area contributed by atoms with Crippen molar-refractivity contribution in [1.29, 1.82) is 0 Å². The van der Waals surface area contributed by atoms with Crippen LogP contribution in [0.4, 0.5) is 11.4 Å². The van der Waals surface area contributed by atoms with Gasteiger partial charge in [-0.05, 0) is 30.2 Å². The molecule has 4 nitrogen and oxygen atoms in total. The van der Waals surface area contributed by atoms with Crippen molar-refractivity contribution in [3.8, 4) is 5.75 Å². The first-order valence-electron chi connectivity index (χ1n) is 6.99. The second-order valence-corrected chi connectivity index (χ2v) is 5.28. The fourth-order valence-electron chi connectivity index (χ4n) is 2.67. The van der Waals surface area contributed by atoms with Gasteiger partial charge in [0.05, 0.1) is 17.3 Å². The van der Waals surface area contributed by atoms with Gasteiger partial charge in [0.2, 0.25) is 5.91 Å². The maximum absolute atomic E-state index is 12.7. The zero-order valence-electron chi connectivity index (χ0n) is 12.0. The number of anilines is 2. The summed E-state index contributed by atoms with van der Waals surface area (Å²) in [6.07, 6.45) is 0.700. The second kappa shape index (κ2) is 5.48. The monoisotopic (exact) mass is 282 g/mol. The summed E-state index contributed by atoms with van der Waals surface area (Å²) in [4.78, 5) is 14.3. The molecule has 0 aliphatic carbocycles. The first-order chi connectivity index (χ1) is 10.2. The highest BCUT2D eigenvalue weighted by atomic mass is 16.5. The topological polar surface area (TPSA) is 55.6 Å². The van der Waals surface area contributed by atoms with Crippen molar-refractivity contribution in [2.75, 3.05) is 24.3 Å². The molecule has 0 bridgehead atoms. The van der Waals surface area contributed by atoms with Gasteiger partial charge in [-0.15, -0.1) is 0 Å². The molecule has 0 aromatic heterocycles. The number of ether oxygens (including phenoxy) is 1. The van der Waals surface area contributed by atoms with E-state index in [4.69, 9.17) is 10.5 Å². The van der Waals surface area contributed by atoms with Gasteiger partial charge in [0.1, 0.15) is 12.4 Å². The third-order valence-electron chi connectivity index (χ3n) is 3.86. The summed E-state index contributed by atoms with van der Waals surface area (Å²) in [5.74, 6) is 0.732. The number of nitrogens with zero attached hydrogens (tertiary/aromatic N) is 1. The minimum Gasteiger partial charge on any atom is -0.492 e. The number of amides is 1. The Morgan fingerprint density at radius 3 is 2.71 bits per heavy atom. The van der Waals surface area contributed by atoms with Crippen LogP contribution in [-0.2, 0) is 11.2 Å². The number of carbonyl (C=O) groups is 1. The Morgan fingerprint density at radius 2 is 1.90 bits per heavy atom. The van der Waals surface area contributed by atoms with Crippen LogP contribution in [0, 0.1) is 5.92 Å². The van der Waals surface area contributed by atoms with Gasteiger partial charge in [0.15, 0.2) is 0 Å². The van der Waals surface area contributed by atoms with Crippen molar-refractivity contribution >= 4 is 17.3 Å². The number of carbonyl (C=O) groups excluding carboxylic acids is 1. The number of para-hydroxylation sites is 3. The molecule has 1 heterocycles. The molecule has 3 rings (SSSR count). The normalized spacial score (nSPS) is 16.7. The molecule has 2 N–H and O–H groups in total. The average molecular weight is 282 g/mol. The van der Waals surface area contributed by atoms with Crippen molar-refractivity contribution in [3.05, 3.63) is 54.1 Å². The minimum atomic E-state index is -0.176. The summed E-state index contributed by atoms with van der Waals surface area (Å²) >= 11 is 0. The molecule has 0 saturated heterocycles. The van der Waals surface area contributed by atoms with Crippen LogP contribution in [0.25, 0.3) is 0 Å². The molecule has 2 aromatic carbocycles. The largest absolute Gasteiger partial charge is 0.492 e. The van der Waals surface area contributed by atoms with E-state index in [0.29, 0.717) is 18.7 Å². The third-order valence-corrected chi connectivity index (χ3v) is 3.86. The van der Waals surface area contributed by atoms with Crippen molar-refractivity contribution in [1.82, 2.24) is 0 Å². The van der Waals surface area contributed by atoms with E-state index in [1.54, 1.807) is 18.0 Å². The Balaban J connectivity index is 1.79. The van der Waals surface area contributed by atoms with Gasteiger partial charge in [-0.1, -0.05) is 30.3 Å². The zero-order valence-corrected chi connectivity index (χ0v) is 12.0. The highest BCUT2D eigenvalue weighted by Gasteiger charge is 2.29. The van der Waals surface area contributed by atoms with E-state index in [9.17, 15) is 4.79 Å². The van der Waals surface area contributed by atoms with Crippen LogP contribution in [0.15, 0.2) is 48.5 Å². The zero-order chi connectivity index (χ0) is 14.8. The van der Waals surface area contributed by atoms with Gasteiger partial charge >= 0.3 is 0 Å². The third kappa shape index (κ3) is 2.57. The summed E-state index contributed by atoms with van der Waals surface area (Å²) in [5, 5.41) is 0. The Kier molecular flexibility index (Phi) is 3.52. The second-order valence-electron chi connectivity index (χ2n) is 5.28. The lowest BCUT2D eigenvalue weighted by Crippen LogP contribution is -2.39. The fourth-order valence-corrected chi connectivity index (χ4v) is 2.67.